The monoisotopic (exact) mass is 332 g/mol. The Morgan fingerprint density at radius 1 is 1.56 bits per heavy atom. The van der Waals surface area contributed by atoms with Crippen molar-refractivity contribution in [2.45, 2.75) is 18.9 Å². The number of hydrogen-bond donors (Lipinski definition) is 1. The lowest BCUT2D eigenvalue weighted by molar-refractivity contribution is 0.0914. The topological polar surface area (TPSA) is 76.1 Å². The van der Waals surface area contributed by atoms with Gasteiger partial charge < -0.3 is 5.32 Å². The summed E-state index contributed by atoms with van der Waals surface area (Å²) in [5.74, 6) is -0.198. The third-order valence-corrected chi connectivity index (χ3v) is 5.46. The minimum atomic E-state index is -3.03. The van der Waals surface area contributed by atoms with E-state index in [-0.39, 0.29) is 17.4 Å². The molecule has 0 radical (unpaired) electrons. The maximum absolute atomic E-state index is 12.1. The van der Waals surface area contributed by atoms with Gasteiger partial charge in [0, 0.05) is 6.20 Å². The molecule has 1 atom stereocenters. The SMILES string of the molecule is CC1(NC(=O)c2cccnc2Br)CCS(=O)(=O)C1. The van der Waals surface area contributed by atoms with E-state index in [0.717, 1.165) is 0 Å². The third-order valence-electron chi connectivity index (χ3n) is 2.92. The summed E-state index contributed by atoms with van der Waals surface area (Å²) in [6.07, 6.45) is 2.02. The van der Waals surface area contributed by atoms with Gasteiger partial charge in [0.2, 0.25) is 0 Å². The van der Waals surface area contributed by atoms with Gasteiger partial charge in [-0.1, -0.05) is 0 Å². The van der Waals surface area contributed by atoms with E-state index >= 15 is 0 Å². The Morgan fingerprint density at radius 2 is 2.28 bits per heavy atom. The van der Waals surface area contributed by atoms with Gasteiger partial charge in [-0.2, -0.15) is 0 Å². The zero-order chi connectivity index (χ0) is 13.4. The molecule has 1 amide bonds. The number of nitrogens with zero attached hydrogens (tertiary/aromatic N) is 1. The van der Waals surface area contributed by atoms with Crippen LogP contribution in [0.15, 0.2) is 22.9 Å². The lowest BCUT2D eigenvalue weighted by atomic mass is 10.0. The summed E-state index contributed by atoms with van der Waals surface area (Å²) in [6, 6.07) is 3.30. The summed E-state index contributed by atoms with van der Waals surface area (Å²) in [4.78, 5) is 16.0. The van der Waals surface area contributed by atoms with Crippen molar-refractivity contribution >= 4 is 31.7 Å². The molecule has 1 fully saturated rings. The van der Waals surface area contributed by atoms with Crippen LogP contribution in [0, 0.1) is 0 Å². The predicted octanol–water partition coefficient (Wildman–Crippen LogP) is 1.15. The smallest absolute Gasteiger partial charge is 0.254 e. The molecule has 98 valence electrons. The summed E-state index contributed by atoms with van der Waals surface area (Å²) in [7, 11) is -3.03. The van der Waals surface area contributed by atoms with Crippen LogP contribution in [0.1, 0.15) is 23.7 Å². The van der Waals surface area contributed by atoms with E-state index in [9.17, 15) is 13.2 Å². The molecule has 5 nitrogen and oxygen atoms in total. The van der Waals surface area contributed by atoms with Gasteiger partial charge in [0.15, 0.2) is 9.84 Å². The minimum absolute atomic E-state index is 0.0103. The molecule has 1 unspecified atom stereocenters. The van der Waals surface area contributed by atoms with Crippen LogP contribution < -0.4 is 5.32 Å². The summed E-state index contributed by atoms with van der Waals surface area (Å²) in [6.45, 7) is 1.75. The van der Waals surface area contributed by atoms with E-state index < -0.39 is 15.4 Å². The highest BCUT2D eigenvalue weighted by Crippen LogP contribution is 2.24. The fraction of sp³-hybridized carbons (Fsp3) is 0.455. The van der Waals surface area contributed by atoms with E-state index in [2.05, 4.69) is 26.2 Å². The zero-order valence-corrected chi connectivity index (χ0v) is 12.2. The molecule has 1 aliphatic rings. The molecule has 18 heavy (non-hydrogen) atoms. The molecule has 1 aromatic heterocycles. The molecule has 2 rings (SSSR count). The number of carbonyl (C=O) groups is 1. The summed E-state index contributed by atoms with van der Waals surface area (Å²) >= 11 is 3.20. The Labute approximate surface area is 114 Å². The number of nitrogens with one attached hydrogen (secondary N) is 1. The van der Waals surface area contributed by atoms with E-state index in [1.54, 1.807) is 25.3 Å². The molecule has 0 aromatic carbocycles. The molecule has 1 saturated heterocycles. The molecule has 2 heterocycles. The van der Waals surface area contributed by atoms with Gasteiger partial charge in [0.1, 0.15) is 4.60 Å². The quantitative estimate of drug-likeness (QED) is 0.824. The number of amides is 1. The van der Waals surface area contributed by atoms with Crippen molar-refractivity contribution in [1.82, 2.24) is 10.3 Å². The third kappa shape index (κ3) is 2.89. The first kappa shape index (κ1) is 13.5. The Balaban J connectivity index is 2.16. The zero-order valence-electron chi connectivity index (χ0n) is 9.81. The Morgan fingerprint density at radius 3 is 2.83 bits per heavy atom. The molecular formula is C11H13BrN2O3S. The van der Waals surface area contributed by atoms with Crippen LogP contribution in [0.3, 0.4) is 0 Å². The number of pyridine rings is 1. The molecule has 0 aliphatic carbocycles. The van der Waals surface area contributed by atoms with Crippen LogP contribution in [-0.4, -0.2) is 36.4 Å². The van der Waals surface area contributed by atoms with Crippen LogP contribution in [0.5, 0.6) is 0 Å². The van der Waals surface area contributed by atoms with Crippen molar-refractivity contribution < 1.29 is 13.2 Å². The van der Waals surface area contributed by atoms with Crippen LogP contribution in [-0.2, 0) is 9.84 Å². The van der Waals surface area contributed by atoms with Crippen LogP contribution in [0.25, 0.3) is 0 Å². The van der Waals surface area contributed by atoms with Crippen molar-refractivity contribution in [3.05, 3.63) is 28.5 Å². The van der Waals surface area contributed by atoms with Crippen molar-refractivity contribution in [2.75, 3.05) is 11.5 Å². The largest absolute Gasteiger partial charge is 0.346 e. The number of halogens is 1. The Bertz CT molecular complexity index is 588. The second-order valence-corrected chi connectivity index (χ2v) is 7.63. The summed E-state index contributed by atoms with van der Waals surface area (Å²) in [5, 5.41) is 2.78. The van der Waals surface area contributed by atoms with Crippen LogP contribution in [0.4, 0.5) is 0 Å². The fourth-order valence-electron chi connectivity index (χ4n) is 2.01. The number of rotatable bonds is 2. The number of sulfone groups is 1. The number of aromatic nitrogens is 1. The average Bonchev–Trinajstić information content (AvgIpc) is 2.53. The number of hydrogen-bond acceptors (Lipinski definition) is 4. The number of carbonyl (C=O) groups excluding carboxylic acids is 1. The highest BCUT2D eigenvalue weighted by Gasteiger charge is 2.39. The standard InChI is InChI=1S/C11H13BrN2O3S/c1-11(4-6-18(16,17)7-11)14-10(15)8-3-2-5-13-9(8)12/h2-3,5H,4,6-7H2,1H3,(H,14,15). The van der Waals surface area contributed by atoms with Crippen molar-refractivity contribution in [3.8, 4) is 0 Å². The van der Waals surface area contributed by atoms with Gasteiger partial charge in [-0.15, -0.1) is 0 Å². The van der Waals surface area contributed by atoms with E-state index in [1.807, 2.05) is 0 Å². The van der Waals surface area contributed by atoms with Gasteiger partial charge in [-0.25, -0.2) is 13.4 Å². The van der Waals surface area contributed by atoms with Crippen LogP contribution in [0.2, 0.25) is 0 Å². The minimum Gasteiger partial charge on any atom is -0.346 e. The summed E-state index contributed by atoms with van der Waals surface area (Å²) in [5.41, 5.74) is -0.284. The molecule has 0 bridgehead atoms. The van der Waals surface area contributed by atoms with E-state index in [4.69, 9.17) is 0 Å². The van der Waals surface area contributed by atoms with Crippen molar-refractivity contribution in [2.24, 2.45) is 0 Å². The molecular weight excluding hydrogens is 320 g/mol. The van der Waals surface area contributed by atoms with Gasteiger partial charge in [-0.05, 0) is 41.4 Å². The van der Waals surface area contributed by atoms with Crippen molar-refractivity contribution in [3.63, 3.8) is 0 Å². The van der Waals surface area contributed by atoms with Gasteiger partial charge in [0.25, 0.3) is 5.91 Å². The lowest BCUT2D eigenvalue weighted by Crippen LogP contribution is -2.47. The summed E-state index contributed by atoms with van der Waals surface area (Å²) < 4.78 is 23.4. The first-order chi connectivity index (χ1) is 8.31. The maximum atomic E-state index is 12.1. The first-order valence-corrected chi connectivity index (χ1v) is 8.06. The fourth-order valence-corrected chi connectivity index (χ4v) is 4.53. The van der Waals surface area contributed by atoms with Gasteiger partial charge >= 0.3 is 0 Å². The second-order valence-electron chi connectivity index (χ2n) is 4.70. The predicted molar refractivity (Wildman–Crippen MR) is 71.1 cm³/mol. The maximum Gasteiger partial charge on any atom is 0.254 e. The second kappa shape index (κ2) is 4.62. The normalized spacial score (nSPS) is 25.9. The van der Waals surface area contributed by atoms with Gasteiger partial charge in [0.05, 0.1) is 22.6 Å². The highest BCUT2D eigenvalue weighted by atomic mass is 79.9. The van der Waals surface area contributed by atoms with Crippen LogP contribution >= 0.6 is 15.9 Å². The van der Waals surface area contributed by atoms with E-state index in [1.165, 1.54) is 0 Å². The molecule has 0 saturated carbocycles. The first-order valence-electron chi connectivity index (χ1n) is 5.45. The lowest BCUT2D eigenvalue weighted by Gasteiger charge is -2.23. The molecule has 1 aromatic rings. The van der Waals surface area contributed by atoms with Crippen molar-refractivity contribution in [1.29, 1.82) is 0 Å². The van der Waals surface area contributed by atoms with Gasteiger partial charge in [-0.3, -0.25) is 4.79 Å². The Hall–Kier alpha value is -0.950. The molecule has 0 spiro atoms. The van der Waals surface area contributed by atoms with E-state index in [0.29, 0.717) is 16.6 Å². The Kier molecular flexibility index (Phi) is 3.46. The molecule has 1 N–H and O–H groups in total. The molecule has 7 heteroatoms. The average molecular weight is 333 g/mol. The molecule has 1 aliphatic heterocycles. The highest BCUT2D eigenvalue weighted by molar-refractivity contribution is 9.10.